The Morgan fingerprint density at radius 2 is 0.964 bits per heavy atom. The summed E-state index contributed by atoms with van der Waals surface area (Å²) in [6.07, 6.45) is -12.9. The fourth-order valence-electron chi connectivity index (χ4n) is 1.91. The Labute approximate surface area is 160 Å². The van der Waals surface area contributed by atoms with Crippen molar-refractivity contribution in [2.75, 3.05) is 0 Å². The Hall–Kier alpha value is -2.34. The zero-order valence-corrected chi connectivity index (χ0v) is 15.1. The minimum absolute atomic E-state index is 0.110. The van der Waals surface area contributed by atoms with Crippen LogP contribution in [0.15, 0.2) is 24.3 Å². The highest BCUT2D eigenvalue weighted by Crippen LogP contribution is 2.35. The van der Waals surface area contributed by atoms with E-state index in [-0.39, 0.29) is 9.75 Å². The van der Waals surface area contributed by atoms with Crippen LogP contribution in [0.25, 0.3) is 9.75 Å². The predicted molar refractivity (Wildman–Crippen MR) is 87.7 cm³/mol. The summed E-state index contributed by atoms with van der Waals surface area (Å²) in [5.74, 6) is -6.40. The van der Waals surface area contributed by atoms with Crippen molar-refractivity contribution in [2.24, 2.45) is 0 Å². The van der Waals surface area contributed by atoms with Crippen LogP contribution in [0.1, 0.15) is 32.2 Å². The summed E-state index contributed by atoms with van der Waals surface area (Å²) < 4.78 is 73.3. The smallest absolute Gasteiger partial charge is 0.293 e. The fourth-order valence-corrected chi connectivity index (χ4v) is 3.88. The van der Waals surface area contributed by atoms with E-state index in [0.717, 1.165) is 22.7 Å². The van der Waals surface area contributed by atoms with Crippen LogP contribution in [0, 0.1) is 0 Å². The number of ketones is 4. The average Bonchev–Trinajstić information content (AvgIpc) is 3.22. The van der Waals surface area contributed by atoms with Crippen molar-refractivity contribution >= 4 is 45.8 Å². The van der Waals surface area contributed by atoms with Gasteiger partial charge in [-0.05, 0) is 24.3 Å². The van der Waals surface area contributed by atoms with Crippen LogP contribution in [-0.2, 0) is 9.59 Å². The van der Waals surface area contributed by atoms with Gasteiger partial charge in [0.05, 0.1) is 22.6 Å². The summed E-state index contributed by atoms with van der Waals surface area (Å²) in [5.41, 5.74) is 0. The zero-order chi connectivity index (χ0) is 21.3. The molecule has 2 aromatic heterocycles. The third kappa shape index (κ3) is 5.35. The second-order valence-electron chi connectivity index (χ2n) is 5.37. The molecule has 0 aliphatic heterocycles. The Morgan fingerprint density at radius 1 is 0.643 bits per heavy atom. The highest BCUT2D eigenvalue weighted by molar-refractivity contribution is 7.23. The molecule has 0 saturated carbocycles. The first-order chi connectivity index (χ1) is 12.8. The largest absolute Gasteiger partial charge is 0.450 e. The number of alkyl halides is 6. The number of thiophene rings is 2. The summed E-state index contributed by atoms with van der Waals surface area (Å²) in [7, 11) is 0. The number of rotatable bonds is 7. The molecule has 0 aliphatic carbocycles. The molecule has 12 heteroatoms. The maximum absolute atomic E-state index is 12.2. The zero-order valence-electron chi connectivity index (χ0n) is 13.4. The van der Waals surface area contributed by atoms with Gasteiger partial charge in [0.25, 0.3) is 0 Å². The van der Waals surface area contributed by atoms with Crippen molar-refractivity contribution in [2.45, 2.75) is 25.2 Å². The molecular weight excluding hydrogens is 434 g/mol. The standard InChI is InChI=1S/C16H8F6O4S2/c17-15(18,19)13(25)5-7(23)9-1-3-11(27-9)12-4-2-10(28-12)8(24)6-14(26)16(20,21)22/h1-4H,5-6H2. The number of halogens is 6. The van der Waals surface area contributed by atoms with E-state index in [9.17, 15) is 45.5 Å². The van der Waals surface area contributed by atoms with Gasteiger partial charge in [-0.2, -0.15) is 26.3 Å². The number of carbonyl (C=O) groups is 4. The van der Waals surface area contributed by atoms with E-state index in [0.29, 0.717) is 9.75 Å². The summed E-state index contributed by atoms with van der Waals surface area (Å²) in [4.78, 5) is 45.8. The predicted octanol–water partition coefficient (Wildman–Crippen LogP) is 4.89. The number of carbonyl (C=O) groups excluding carboxylic acids is 4. The van der Waals surface area contributed by atoms with Gasteiger partial charge in [0, 0.05) is 9.75 Å². The van der Waals surface area contributed by atoms with E-state index in [2.05, 4.69) is 0 Å². The summed E-state index contributed by atoms with van der Waals surface area (Å²) >= 11 is 1.55. The van der Waals surface area contributed by atoms with Crippen molar-refractivity contribution in [3.63, 3.8) is 0 Å². The first-order valence-electron chi connectivity index (χ1n) is 7.25. The van der Waals surface area contributed by atoms with E-state index >= 15 is 0 Å². The van der Waals surface area contributed by atoms with Gasteiger partial charge >= 0.3 is 12.4 Å². The molecule has 2 rings (SSSR count). The van der Waals surface area contributed by atoms with Gasteiger partial charge < -0.3 is 0 Å². The molecule has 4 nitrogen and oxygen atoms in total. The number of hydrogen-bond donors (Lipinski definition) is 0. The molecule has 2 aromatic rings. The lowest BCUT2D eigenvalue weighted by molar-refractivity contribution is -0.170. The topological polar surface area (TPSA) is 68.3 Å². The maximum Gasteiger partial charge on any atom is 0.450 e. The minimum Gasteiger partial charge on any atom is -0.293 e. The normalized spacial score (nSPS) is 12.1. The van der Waals surface area contributed by atoms with E-state index in [4.69, 9.17) is 0 Å². The van der Waals surface area contributed by atoms with E-state index < -0.39 is 48.3 Å². The van der Waals surface area contributed by atoms with Gasteiger partial charge in [0.1, 0.15) is 0 Å². The molecule has 28 heavy (non-hydrogen) atoms. The monoisotopic (exact) mass is 442 g/mol. The molecule has 0 N–H and O–H groups in total. The third-order valence-corrected chi connectivity index (χ3v) is 5.73. The average molecular weight is 442 g/mol. The van der Waals surface area contributed by atoms with Crippen molar-refractivity contribution in [3.8, 4) is 9.75 Å². The van der Waals surface area contributed by atoms with E-state index in [1.54, 1.807) is 0 Å². The molecule has 0 fully saturated rings. The molecule has 0 atom stereocenters. The van der Waals surface area contributed by atoms with E-state index in [1.807, 2.05) is 0 Å². The third-order valence-electron chi connectivity index (χ3n) is 3.28. The van der Waals surface area contributed by atoms with Crippen molar-refractivity contribution in [1.29, 1.82) is 0 Å². The highest BCUT2D eigenvalue weighted by Gasteiger charge is 2.40. The molecule has 0 spiro atoms. The van der Waals surface area contributed by atoms with Crippen molar-refractivity contribution in [3.05, 3.63) is 34.0 Å². The second-order valence-corrected chi connectivity index (χ2v) is 7.54. The Kier molecular flexibility index (Phi) is 6.24. The lowest BCUT2D eigenvalue weighted by Gasteiger charge is -2.03. The number of hydrogen-bond acceptors (Lipinski definition) is 6. The fraction of sp³-hybridized carbons (Fsp3) is 0.250. The molecule has 0 radical (unpaired) electrons. The Balaban J connectivity index is 2.10. The lowest BCUT2D eigenvalue weighted by atomic mass is 10.1. The van der Waals surface area contributed by atoms with Gasteiger partial charge in [-0.15, -0.1) is 22.7 Å². The lowest BCUT2D eigenvalue weighted by Crippen LogP contribution is -2.25. The molecule has 0 saturated heterocycles. The van der Waals surface area contributed by atoms with Gasteiger partial charge in [0.2, 0.25) is 11.6 Å². The summed E-state index contributed by atoms with van der Waals surface area (Å²) in [6.45, 7) is 0. The maximum atomic E-state index is 12.2. The molecule has 150 valence electrons. The van der Waals surface area contributed by atoms with Crippen LogP contribution in [0.5, 0.6) is 0 Å². The minimum atomic E-state index is -5.12. The molecule has 0 bridgehead atoms. The molecular formula is C16H8F6O4S2. The number of Topliss-reactive ketones (excluding diaryl/α,β-unsaturated/α-hetero) is 4. The van der Waals surface area contributed by atoms with Gasteiger partial charge in [-0.3, -0.25) is 19.2 Å². The first kappa shape index (κ1) is 22.0. The van der Waals surface area contributed by atoms with Gasteiger partial charge in [0.15, 0.2) is 11.6 Å². The highest BCUT2D eigenvalue weighted by atomic mass is 32.1. The summed E-state index contributed by atoms with van der Waals surface area (Å²) in [6, 6.07) is 5.16. The van der Waals surface area contributed by atoms with Crippen LogP contribution in [0.4, 0.5) is 26.3 Å². The summed E-state index contributed by atoms with van der Waals surface area (Å²) in [5, 5.41) is 0. The molecule has 0 amide bonds. The Morgan fingerprint density at radius 3 is 1.25 bits per heavy atom. The Bertz CT molecular complexity index is 859. The van der Waals surface area contributed by atoms with Crippen molar-refractivity contribution < 1.29 is 45.5 Å². The molecule has 2 heterocycles. The van der Waals surface area contributed by atoms with Gasteiger partial charge in [-0.25, -0.2) is 0 Å². The second kappa shape index (κ2) is 7.95. The van der Waals surface area contributed by atoms with Crippen LogP contribution in [-0.4, -0.2) is 35.5 Å². The van der Waals surface area contributed by atoms with Crippen LogP contribution in [0.2, 0.25) is 0 Å². The first-order valence-corrected chi connectivity index (χ1v) is 8.89. The van der Waals surface area contributed by atoms with Crippen LogP contribution < -0.4 is 0 Å². The quantitative estimate of drug-likeness (QED) is 0.348. The van der Waals surface area contributed by atoms with Crippen LogP contribution in [0.3, 0.4) is 0 Å². The molecule has 0 aromatic carbocycles. The SMILES string of the molecule is O=C(CC(=O)C(F)(F)F)c1ccc(-c2ccc(C(=O)CC(=O)C(F)(F)F)s2)s1. The van der Waals surface area contributed by atoms with Crippen molar-refractivity contribution in [1.82, 2.24) is 0 Å². The molecule has 0 aliphatic rings. The molecule has 0 unspecified atom stereocenters. The van der Waals surface area contributed by atoms with Gasteiger partial charge in [-0.1, -0.05) is 0 Å². The van der Waals surface area contributed by atoms with Crippen LogP contribution >= 0.6 is 22.7 Å². The van der Waals surface area contributed by atoms with E-state index in [1.165, 1.54) is 24.3 Å².